The Morgan fingerprint density at radius 1 is 1.26 bits per heavy atom. The van der Waals surface area contributed by atoms with E-state index in [1.807, 2.05) is 24.4 Å². The molecule has 0 amide bonds. The fraction of sp³-hybridized carbons (Fsp3) is 0.118. The Morgan fingerprint density at radius 2 is 2.09 bits per heavy atom. The quantitative estimate of drug-likeness (QED) is 0.749. The third-order valence-electron chi connectivity index (χ3n) is 3.60. The zero-order chi connectivity index (χ0) is 16.4. The number of rotatable bonds is 4. The van der Waals surface area contributed by atoms with E-state index in [-0.39, 0.29) is 0 Å². The van der Waals surface area contributed by atoms with Crippen molar-refractivity contribution >= 4 is 28.1 Å². The first kappa shape index (κ1) is 15.2. The Balaban J connectivity index is 1.93. The van der Waals surface area contributed by atoms with E-state index in [1.54, 1.807) is 31.5 Å². The molecule has 6 heteroatoms. The summed E-state index contributed by atoms with van der Waals surface area (Å²) in [4.78, 5) is 19.9. The van der Waals surface area contributed by atoms with Gasteiger partial charge in [-0.2, -0.15) is 0 Å². The van der Waals surface area contributed by atoms with E-state index in [4.69, 9.17) is 0 Å². The lowest BCUT2D eigenvalue weighted by Gasteiger charge is -2.12. The summed E-state index contributed by atoms with van der Waals surface area (Å²) in [7, 11) is 0. The maximum absolute atomic E-state index is 11.3. The van der Waals surface area contributed by atoms with Crippen LogP contribution in [0.15, 0.2) is 42.0 Å². The van der Waals surface area contributed by atoms with Crippen molar-refractivity contribution < 1.29 is 9.90 Å². The molecule has 2 heterocycles. The largest absolute Gasteiger partial charge is 0.478 e. The second-order valence-electron chi connectivity index (χ2n) is 5.14. The minimum Gasteiger partial charge on any atom is -0.478 e. The molecule has 0 radical (unpaired) electrons. The lowest BCUT2D eigenvalue weighted by Crippen LogP contribution is -2.04. The fourth-order valence-electron chi connectivity index (χ4n) is 2.36. The maximum atomic E-state index is 11.3. The Hall–Kier alpha value is -2.73. The number of anilines is 2. The lowest BCUT2D eigenvalue weighted by atomic mass is 10.0. The summed E-state index contributed by atoms with van der Waals surface area (Å²) in [5, 5.41) is 15.2. The first-order valence-corrected chi connectivity index (χ1v) is 7.90. The Kier molecular flexibility index (Phi) is 4.08. The molecule has 116 valence electrons. The first-order valence-electron chi connectivity index (χ1n) is 7.02. The van der Waals surface area contributed by atoms with Crippen molar-refractivity contribution in [3.63, 3.8) is 0 Å². The van der Waals surface area contributed by atoms with Crippen molar-refractivity contribution in [2.75, 3.05) is 5.32 Å². The molecule has 3 aromatic rings. The summed E-state index contributed by atoms with van der Waals surface area (Å²) >= 11 is 1.47. The van der Waals surface area contributed by atoms with Crippen molar-refractivity contribution in [2.24, 2.45) is 0 Å². The van der Waals surface area contributed by atoms with Gasteiger partial charge in [0.05, 0.1) is 11.3 Å². The second-order valence-corrected chi connectivity index (χ2v) is 6.00. The van der Waals surface area contributed by atoms with Crippen LogP contribution in [0.1, 0.15) is 21.5 Å². The average molecular weight is 325 g/mol. The third-order valence-corrected chi connectivity index (χ3v) is 4.35. The summed E-state index contributed by atoms with van der Waals surface area (Å²) in [6.07, 6.45) is 3.49. The average Bonchev–Trinajstić information content (AvgIpc) is 3.00. The standard InChI is InChI=1S/C17H15N3O2S/c1-10-5-6-13(16(21)22)11(2)15(10)20-17-19-14(9-23-17)12-4-3-7-18-8-12/h3-9H,1-2H3,(H,19,20)(H,21,22). The number of pyridine rings is 1. The number of aromatic nitrogens is 2. The smallest absolute Gasteiger partial charge is 0.336 e. The molecule has 0 aliphatic rings. The van der Waals surface area contributed by atoms with Gasteiger partial charge in [0.15, 0.2) is 5.13 Å². The molecule has 0 saturated heterocycles. The number of aryl methyl sites for hydroxylation is 1. The summed E-state index contributed by atoms with van der Waals surface area (Å²) in [5.41, 5.74) is 4.56. The van der Waals surface area contributed by atoms with Crippen LogP contribution in [-0.4, -0.2) is 21.0 Å². The molecule has 0 unspecified atom stereocenters. The zero-order valence-corrected chi connectivity index (χ0v) is 13.5. The van der Waals surface area contributed by atoms with Gasteiger partial charge >= 0.3 is 5.97 Å². The molecule has 2 aromatic heterocycles. The van der Waals surface area contributed by atoms with E-state index in [0.29, 0.717) is 11.1 Å². The van der Waals surface area contributed by atoms with Gasteiger partial charge in [0, 0.05) is 29.0 Å². The van der Waals surface area contributed by atoms with E-state index in [2.05, 4.69) is 15.3 Å². The number of aromatic carboxylic acids is 1. The third kappa shape index (κ3) is 3.07. The number of hydrogen-bond donors (Lipinski definition) is 2. The molecule has 0 bridgehead atoms. The van der Waals surface area contributed by atoms with Gasteiger partial charge in [0.25, 0.3) is 0 Å². The predicted octanol–water partition coefficient (Wildman–Crippen LogP) is 4.26. The summed E-state index contributed by atoms with van der Waals surface area (Å²) < 4.78 is 0. The number of carboxylic acids is 1. The van der Waals surface area contributed by atoms with Crippen molar-refractivity contribution in [1.82, 2.24) is 9.97 Å². The van der Waals surface area contributed by atoms with Gasteiger partial charge in [0.1, 0.15) is 0 Å². The molecule has 1 aromatic carbocycles. The maximum Gasteiger partial charge on any atom is 0.336 e. The second kappa shape index (κ2) is 6.18. The molecule has 0 aliphatic heterocycles. The van der Waals surface area contributed by atoms with E-state index < -0.39 is 5.97 Å². The Morgan fingerprint density at radius 3 is 2.78 bits per heavy atom. The number of nitrogens with zero attached hydrogens (tertiary/aromatic N) is 2. The predicted molar refractivity (Wildman–Crippen MR) is 91.5 cm³/mol. The number of carboxylic acid groups (broad SMARTS) is 1. The van der Waals surface area contributed by atoms with Crippen LogP contribution in [0.4, 0.5) is 10.8 Å². The number of carbonyl (C=O) groups is 1. The molecule has 2 N–H and O–H groups in total. The van der Waals surface area contributed by atoms with Crippen molar-refractivity contribution in [1.29, 1.82) is 0 Å². The molecular weight excluding hydrogens is 310 g/mol. The van der Waals surface area contributed by atoms with Gasteiger partial charge in [-0.1, -0.05) is 6.07 Å². The van der Waals surface area contributed by atoms with E-state index >= 15 is 0 Å². The molecular formula is C17H15N3O2S. The molecule has 3 rings (SSSR count). The molecule has 0 fully saturated rings. The molecule has 23 heavy (non-hydrogen) atoms. The van der Waals surface area contributed by atoms with Crippen LogP contribution in [0.25, 0.3) is 11.3 Å². The van der Waals surface area contributed by atoms with E-state index in [0.717, 1.165) is 27.6 Å². The fourth-order valence-corrected chi connectivity index (χ4v) is 3.08. The minimum atomic E-state index is -0.930. The minimum absolute atomic E-state index is 0.294. The summed E-state index contributed by atoms with van der Waals surface area (Å²) in [6.45, 7) is 3.74. The highest BCUT2D eigenvalue weighted by atomic mass is 32.1. The van der Waals surface area contributed by atoms with Crippen LogP contribution >= 0.6 is 11.3 Å². The molecule has 0 atom stereocenters. The van der Waals surface area contributed by atoms with Crippen molar-refractivity contribution in [3.05, 3.63) is 58.7 Å². The van der Waals surface area contributed by atoms with Crippen LogP contribution < -0.4 is 5.32 Å². The molecule has 0 saturated carbocycles. The highest BCUT2D eigenvalue weighted by Gasteiger charge is 2.14. The highest BCUT2D eigenvalue weighted by Crippen LogP contribution is 2.31. The van der Waals surface area contributed by atoms with Gasteiger partial charge < -0.3 is 10.4 Å². The molecule has 0 spiro atoms. The topological polar surface area (TPSA) is 75.1 Å². The first-order chi connectivity index (χ1) is 11.1. The molecule has 5 nitrogen and oxygen atoms in total. The van der Waals surface area contributed by atoms with E-state index in [1.165, 1.54) is 11.3 Å². The number of nitrogens with one attached hydrogen (secondary N) is 1. The van der Waals surface area contributed by atoms with Crippen LogP contribution in [0, 0.1) is 13.8 Å². The van der Waals surface area contributed by atoms with Crippen LogP contribution in [0.2, 0.25) is 0 Å². The van der Waals surface area contributed by atoms with Gasteiger partial charge in [-0.3, -0.25) is 4.98 Å². The van der Waals surface area contributed by atoms with Gasteiger partial charge in [-0.25, -0.2) is 9.78 Å². The summed E-state index contributed by atoms with van der Waals surface area (Å²) in [6, 6.07) is 7.25. The van der Waals surface area contributed by atoms with Gasteiger partial charge in [-0.15, -0.1) is 11.3 Å². The number of benzene rings is 1. The van der Waals surface area contributed by atoms with Crippen molar-refractivity contribution in [3.8, 4) is 11.3 Å². The van der Waals surface area contributed by atoms with Crippen LogP contribution in [-0.2, 0) is 0 Å². The summed E-state index contributed by atoms with van der Waals surface area (Å²) in [5.74, 6) is -0.930. The normalized spacial score (nSPS) is 10.5. The zero-order valence-electron chi connectivity index (χ0n) is 12.7. The SMILES string of the molecule is Cc1ccc(C(=O)O)c(C)c1Nc1nc(-c2cccnc2)cs1. The Labute approximate surface area is 137 Å². The number of thiazole rings is 1. The van der Waals surface area contributed by atoms with Gasteiger partial charge in [0.2, 0.25) is 0 Å². The number of hydrogen-bond acceptors (Lipinski definition) is 5. The monoisotopic (exact) mass is 325 g/mol. The van der Waals surface area contributed by atoms with E-state index in [9.17, 15) is 9.90 Å². The highest BCUT2D eigenvalue weighted by molar-refractivity contribution is 7.14. The van der Waals surface area contributed by atoms with Gasteiger partial charge in [-0.05, 0) is 43.2 Å². The van der Waals surface area contributed by atoms with Crippen LogP contribution in [0.3, 0.4) is 0 Å². The Bertz CT molecular complexity index is 860. The molecule has 0 aliphatic carbocycles. The van der Waals surface area contributed by atoms with Crippen molar-refractivity contribution in [2.45, 2.75) is 13.8 Å². The lowest BCUT2D eigenvalue weighted by molar-refractivity contribution is 0.0696. The van der Waals surface area contributed by atoms with Crippen LogP contribution in [0.5, 0.6) is 0 Å².